The van der Waals surface area contributed by atoms with Crippen molar-refractivity contribution < 1.29 is 124 Å². The van der Waals surface area contributed by atoms with Gasteiger partial charge in [0.15, 0.2) is 17.3 Å². The van der Waals surface area contributed by atoms with Gasteiger partial charge in [0.2, 0.25) is 0 Å². The quantitative estimate of drug-likeness (QED) is 0.0278. The molecular weight excluding hydrogens is 1430 g/mol. The molecule has 110 heavy (non-hydrogen) atoms. The Labute approximate surface area is 640 Å². The zero-order valence-corrected chi connectivity index (χ0v) is 63.5. The fourth-order valence-corrected chi connectivity index (χ4v) is 11.1. The molecule has 0 unspecified atom stereocenters. The Hall–Kier alpha value is -8.62. The number of carbonyl (C=O) groups excluding carboxylic acids is 6. The van der Waals surface area contributed by atoms with Crippen LogP contribution < -0.4 is 43.4 Å². The average Bonchev–Trinajstić information content (AvgIpc) is 1.62. The summed E-state index contributed by atoms with van der Waals surface area (Å²) in [5.74, 6) is -8.73. The summed E-state index contributed by atoms with van der Waals surface area (Å²) in [5.41, 5.74) is -5.46. The monoisotopic (exact) mass is 1530 g/mol. The van der Waals surface area contributed by atoms with E-state index < -0.39 is 164 Å². The van der Waals surface area contributed by atoms with Crippen molar-refractivity contribution in [3.63, 3.8) is 0 Å². The molecule has 0 aliphatic carbocycles. The van der Waals surface area contributed by atoms with E-state index in [1.165, 1.54) is 48.5 Å². The first kappa shape index (κ1) is 90.3. The second kappa shape index (κ2) is 33.4. The second-order valence-electron chi connectivity index (χ2n) is 31.6. The summed E-state index contributed by atoms with van der Waals surface area (Å²) in [4.78, 5) is 100. The van der Waals surface area contributed by atoms with Crippen LogP contribution in [0.2, 0.25) is 0 Å². The normalized spacial score (nSPS) is 17.7. The first-order chi connectivity index (χ1) is 49.5. The van der Waals surface area contributed by atoms with Crippen LogP contribution in [0, 0.1) is 17.5 Å². The molecule has 4 aliphatic heterocycles. The maximum absolute atomic E-state index is 14.9. The molecular formula is C76H95B6F3N2O23. The number of rotatable bonds is 19. The smallest absolute Gasteiger partial charge is 0.480 e. The number of aliphatic carboxylic acids is 1. The van der Waals surface area contributed by atoms with Gasteiger partial charge in [-0.2, -0.15) is 0 Å². The maximum Gasteiger partial charge on any atom is 0.494 e. The van der Waals surface area contributed by atoms with Crippen molar-refractivity contribution in [2.24, 2.45) is 0 Å². The summed E-state index contributed by atoms with van der Waals surface area (Å²) in [5, 5.41) is 60.0. The molecule has 6 aromatic carbocycles. The summed E-state index contributed by atoms with van der Waals surface area (Å²) in [7, 11) is -7.56. The van der Waals surface area contributed by atoms with Gasteiger partial charge in [0, 0.05) is 44.5 Å². The van der Waals surface area contributed by atoms with Gasteiger partial charge in [0.05, 0.1) is 50.4 Å². The van der Waals surface area contributed by atoms with Crippen molar-refractivity contribution in [2.45, 2.75) is 197 Å². The zero-order valence-electron chi connectivity index (χ0n) is 63.5. The predicted molar refractivity (Wildman–Crippen MR) is 410 cm³/mol. The summed E-state index contributed by atoms with van der Waals surface area (Å²) in [6.45, 7) is 34.2. The minimum Gasteiger partial charge on any atom is -0.480 e. The molecule has 0 bridgehead atoms. The number of benzene rings is 6. The summed E-state index contributed by atoms with van der Waals surface area (Å²) in [6.07, 6.45) is 0. The molecule has 10 rings (SSSR count). The van der Waals surface area contributed by atoms with Gasteiger partial charge < -0.3 is 82.9 Å². The van der Waals surface area contributed by atoms with E-state index in [0.29, 0.717) is 21.9 Å². The van der Waals surface area contributed by atoms with Crippen LogP contribution in [0.1, 0.15) is 225 Å². The van der Waals surface area contributed by atoms with Gasteiger partial charge in [-0.1, -0.05) is 51.3 Å². The Balaban J connectivity index is 0.000000262. The standard InChI is InChI=1S/C32H42B2FNO8.C26H31B2FO7.C16H14B2FNO8.2CH4/c1-28(2,3)40-25(37)18-36-27(39)21-12-19(13-22(15-21)33-41-29(4,5)30(6,7)42-33)26(38)20-14-23(17-24(35)16-20)34-43-31(8,9)32(10,11)44-34;1-23(2)24(3,4)34-27(33-23)18-10-15(9-17(12-18)22(31)32)21(30)16-11-19(14-20(29)13-16)28-35-25(5,6)26(7,8)36-28;19-13-5-9(3-12(6-13)18(27)28)15(23)8-1-10(4-11(2-8)17(25)26)16(24)20-7-14(21)22;;/h12-17H,18H2,1-11H3,(H,36,39);9-14H,1-8H3,(H,31,32);1-6,25-28H,7H2,(H,20,24)(H,21,22);2*1H4. The van der Waals surface area contributed by atoms with Crippen LogP contribution in [0.3, 0.4) is 0 Å². The van der Waals surface area contributed by atoms with E-state index >= 15 is 0 Å². The van der Waals surface area contributed by atoms with Gasteiger partial charge in [0.1, 0.15) is 36.1 Å². The third kappa shape index (κ3) is 20.9. The molecule has 4 aliphatic rings. The van der Waals surface area contributed by atoms with Crippen molar-refractivity contribution in [1.29, 1.82) is 0 Å². The highest BCUT2D eigenvalue weighted by Gasteiger charge is 2.56. The average molecular weight is 1530 g/mol. The van der Waals surface area contributed by atoms with Gasteiger partial charge in [0.25, 0.3) is 11.8 Å². The van der Waals surface area contributed by atoms with E-state index in [1.807, 2.05) is 111 Å². The lowest BCUT2D eigenvalue weighted by Crippen LogP contribution is -2.41. The number of hydrogen-bond donors (Lipinski definition) is 8. The number of carboxylic acids is 2. The van der Waals surface area contributed by atoms with Crippen LogP contribution in [-0.2, 0) is 51.6 Å². The van der Waals surface area contributed by atoms with Crippen LogP contribution >= 0.6 is 0 Å². The van der Waals surface area contributed by atoms with Crippen LogP contribution in [0.5, 0.6) is 0 Å². The predicted octanol–water partition coefficient (Wildman–Crippen LogP) is 5.58. The first-order valence-electron chi connectivity index (χ1n) is 34.4. The Morgan fingerprint density at radius 2 is 0.600 bits per heavy atom. The van der Waals surface area contributed by atoms with Crippen LogP contribution in [0.15, 0.2) is 109 Å². The Morgan fingerprint density at radius 1 is 0.364 bits per heavy atom. The van der Waals surface area contributed by atoms with Crippen molar-refractivity contribution in [2.75, 3.05) is 13.1 Å². The fourth-order valence-electron chi connectivity index (χ4n) is 11.1. The molecule has 0 atom stereocenters. The highest BCUT2D eigenvalue weighted by molar-refractivity contribution is 6.64. The molecule has 0 saturated carbocycles. The van der Waals surface area contributed by atoms with Gasteiger partial charge in [-0.15, -0.1) is 0 Å². The van der Waals surface area contributed by atoms with E-state index in [9.17, 15) is 76.7 Å². The number of carboxylic acid groups (broad SMARTS) is 2. The number of esters is 1. The lowest BCUT2D eigenvalue weighted by molar-refractivity contribution is -0.153. The number of hydrogen-bond acceptors (Lipinski definition) is 21. The summed E-state index contributed by atoms with van der Waals surface area (Å²) in [6, 6.07) is 22.4. The molecule has 0 aromatic heterocycles. The van der Waals surface area contributed by atoms with Crippen molar-refractivity contribution >= 4 is 123 Å². The third-order valence-electron chi connectivity index (χ3n) is 19.9. The first-order valence-corrected chi connectivity index (χ1v) is 34.4. The Kier molecular flexibility index (Phi) is 27.4. The van der Waals surface area contributed by atoms with Crippen molar-refractivity contribution in [3.8, 4) is 0 Å². The molecule has 34 heteroatoms. The fraction of sp³-hybridized carbons (Fsp3) is 0.421. The molecule has 8 N–H and O–H groups in total. The molecule has 6 aromatic rings. The molecule has 25 nitrogen and oxygen atoms in total. The van der Waals surface area contributed by atoms with E-state index in [1.54, 1.807) is 32.9 Å². The zero-order chi connectivity index (χ0) is 80.9. The molecule has 0 radical (unpaired) electrons. The number of ketones is 3. The summed E-state index contributed by atoms with van der Waals surface area (Å²) < 4.78 is 97.2. The van der Waals surface area contributed by atoms with Gasteiger partial charge in [-0.3, -0.25) is 33.6 Å². The molecule has 586 valence electrons. The SMILES string of the molecule is C.C.CC(C)(C)OC(=O)CNC(=O)c1cc(B2OC(C)(C)C(C)(C)O2)cc(C(=O)c2cc(F)cc(B3OC(C)(C)C(C)(C)O3)c2)c1.CC1(C)OB(c2cc(F)cc(C(=O)c3cc(B4OC(C)(C)C(C)(C)O4)cc(C(=O)O)c3)c2)OC1(C)C.O=C(O)CNC(=O)c1cc(B(O)O)cc(C(=O)c2cc(F)cc(B(O)O)c2)c1. The number of halogens is 3. The highest BCUT2D eigenvalue weighted by Crippen LogP contribution is 2.40. The van der Waals surface area contributed by atoms with Crippen LogP contribution in [0.25, 0.3) is 0 Å². The highest BCUT2D eigenvalue weighted by atomic mass is 19.1. The van der Waals surface area contributed by atoms with E-state index in [4.69, 9.17) is 47.1 Å². The number of ether oxygens (including phenoxy) is 1. The Morgan fingerprint density at radius 3 is 0.909 bits per heavy atom. The van der Waals surface area contributed by atoms with Crippen LogP contribution in [-0.4, -0.2) is 184 Å². The molecule has 4 saturated heterocycles. The van der Waals surface area contributed by atoms with Gasteiger partial charge >= 0.3 is 60.6 Å². The Bertz CT molecular complexity index is 4480. The van der Waals surface area contributed by atoms with Gasteiger partial charge in [-0.25, -0.2) is 18.0 Å². The second-order valence-corrected chi connectivity index (χ2v) is 31.6. The van der Waals surface area contributed by atoms with Crippen molar-refractivity contribution in [3.05, 3.63) is 177 Å². The summed E-state index contributed by atoms with van der Waals surface area (Å²) >= 11 is 0. The third-order valence-corrected chi connectivity index (χ3v) is 19.9. The van der Waals surface area contributed by atoms with Gasteiger partial charge in [-0.05, 0) is 237 Å². The van der Waals surface area contributed by atoms with Crippen LogP contribution in [0.4, 0.5) is 13.2 Å². The molecule has 4 heterocycles. The number of nitrogens with one attached hydrogen (secondary N) is 2. The minimum atomic E-state index is -2.04. The van der Waals surface area contributed by atoms with E-state index in [0.717, 1.165) is 48.5 Å². The van der Waals surface area contributed by atoms with E-state index in [-0.39, 0.29) is 82.4 Å². The molecule has 0 spiro atoms. The number of amides is 2. The topological polar surface area (TPSA) is 365 Å². The number of carbonyl (C=O) groups is 8. The van der Waals surface area contributed by atoms with Crippen molar-refractivity contribution in [1.82, 2.24) is 10.6 Å². The van der Waals surface area contributed by atoms with E-state index in [2.05, 4.69) is 10.6 Å². The lowest BCUT2D eigenvalue weighted by Gasteiger charge is -2.32. The lowest BCUT2D eigenvalue weighted by atomic mass is 9.76. The largest absolute Gasteiger partial charge is 0.494 e. The number of aromatic carboxylic acids is 1. The minimum absolute atomic E-state index is 0. The molecule has 4 fully saturated rings. The maximum atomic E-state index is 14.9. The molecule has 2 amide bonds.